The van der Waals surface area contributed by atoms with E-state index in [9.17, 15) is 98.0 Å². The van der Waals surface area contributed by atoms with Gasteiger partial charge in [0.15, 0.2) is 24.5 Å². The van der Waals surface area contributed by atoms with Crippen molar-refractivity contribution in [3.63, 3.8) is 0 Å². The molecule has 6 rings (SSSR count). The maximum Gasteiger partial charge on any atom is 0.472 e. The quantitative estimate of drug-likeness (QED) is 0.0334. The first-order valence-corrected chi connectivity index (χ1v) is 47.2. The molecular formula is C68H126N5O40P5. The molecule has 0 saturated carbocycles. The van der Waals surface area contributed by atoms with E-state index in [4.69, 9.17) is 92.6 Å². The fourth-order valence-corrected chi connectivity index (χ4v) is 17.0. The van der Waals surface area contributed by atoms with Gasteiger partial charge in [-0.05, 0) is 85.0 Å². The number of hydrogen-bond acceptors (Lipinski definition) is 38. The van der Waals surface area contributed by atoms with Gasteiger partial charge in [0.1, 0.15) is 84.7 Å². The normalized spacial score (nSPS) is 29.6. The summed E-state index contributed by atoms with van der Waals surface area (Å²) in [5.41, 5.74) is -0.625. The first-order chi connectivity index (χ1) is 55.9. The standard InChI is InChI=1S/C68H126N5O40P5/c1-45(2)112-118(92,93)113-50-35-55(73-44-71-56-48(5)69-43-70-64(56)73)108-54(50)39-106-117(90,91)107-42-68(40-94-23-21-33-104-115(86,87)101-30-17-11-8-14-26-97-66-47(4)59(79)61(81)52(37-75)110-66,99-28-19-20-32-103-114(84,85)100-29-16-10-7-13-25-96-65-46(3)58(78)60(80)51(36-74)109-65)41-95-24-22-34-105-116(88,89)102-31-18-12-9-15-27-98-67-57(72-49(6)77)63(83)62(82)53(38-76)111-67/h43-47,50-55,57-63,65-67,74-76,78-83H,7-42H2,1-6H3,(H,72,77)(H,84,85)(H,86,87)(H,88,89)(H,90,91)(H,92,93)/t46?,47?,50?,51?,52?,53?,54-,55-,57?,58-,59-,60+,61+,62+,63-,65-,66-,67-,68?/m1/s1. The number of phosphoric acid groups is 5. The van der Waals surface area contributed by atoms with E-state index in [-0.39, 0.29) is 105 Å². The van der Waals surface area contributed by atoms with Crippen molar-refractivity contribution in [1.82, 2.24) is 24.8 Å². The molecular weight excluding hydrogens is 1680 g/mol. The summed E-state index contributed by atoms with van der Waals surface area (Å²) in [6.45, 7) is 3.02. The molecule has 4 aliphatic rings. The minimum atomic E-state index is -5.29. The maximum atomic E-state index is 14.2. The smallest absolute Gasteiger partial charge is 0.394 e. The monoisotopic (exact) mass is 1810 g/mol. The highest BCUT2D eigenvalue weighted by molar-refractivity contribution is 7.48. The Morgan fingerprint density at radius 3 is 1.35 bits per heavy atom. The van der Waals surface area contributed by atoms with Crippen molar-refractivity contribution >= 4 is 56.2 Å². The van der Waals surface area contributed by atoms with E-state index in [0.717, 1.165) is 0 Å². The lowest BCUT2D eigenvalue weighted by Crippen LogP contribution is -2.64. The zero-order valence-corrected chi connectivity index (χ0v) is 72.0. The minimum Gasteiger partial charge on any atom is -0.394 e. The van der Waals surface area contributed by atoms with Crippen molar-refractivity contribution in [3.05, 3.63) is 18.3 Å². The van der Waals surface area contributed by atoms with E-state index in [1.165, 1.54) is 38.0 Å². The zero-order valence-electron chi connectivity index (χ0n) is 67.5. The van der Waals surface area contributed by atoms with Crippen LogP contribution in [0.2, 0.25) is 0 Å². The number of carbonyl (C=O) groups is 1. The van der Waals surface area contributed by atoms with Crippen molar-refractivity contribution in [1.29, 1.82) is 0 Å². The van der Waals surface area contributed by atoms with Gasteiger partial charge in [-0.1, -0.05) is 52.4 Å². The third kappa shape index (κ3) is 36.6. The van der Waals surface area contributed by atoms with Crippen molar-refractivity contribution in [3.8, 4) is 0 Å². The number of nitrogens with zero attached hydrogens (tertiary/aromatic N) is 4. The van der Waals surface area contributed by atoms with Crippen molar-refractivity contribution in [2.75, 3.05) is 126 Å². The van der Waals surface area contributed by atoms with Crippen LogP contribution in [0.4, 0.5) is 0 Å². The second-order valence-electron chi connectivity index (χ2n) is 29.3. The van der Waals surface area contributed by atoms with E-state index in [2.05, 4.69) is 20.3 Å². The predicted octanol–water partition coefficient (Wildman–Crippen LogP) is 3.04. The molecule has 1 amide bonds. The van der Waals surface area contributed by atoms with Crippen LogP contribution in [0, 0.1) is 18.8 Å². The lowest BCUT2D eigenvalue weighted by molar-refractivity contribution is -0.282. The Morgan fingerprint density at radius 2 is 0.898 bits per heavy atom. The SMILES string of the molecule is CC(=O)NC1[C@H](OCCCCCCOP(=O)(O)OCCCOCC(COCCCOP(=O)(O)OCCCCCCO[C@@H]2OC(CO)[C@H](O)[C@H](O)C2C)(COP(=O)(O)OC[C@H]2O[C@@H](n3cnc4c(C)ncnc43)CC2OP(=O)(O)OC(C)C)OCCCCOP(=O)(O)OCCCCCCO[C@@H]2OC(CO)[C@H](O)[C@H](O)C2C)OC(CO)[C@H](O)[C@@H]1O. The highest BCUT2D eigenvalue weighted by Gasteiger charge is 2.49. The van der Waals surface area contributed by atoms with Gasteiger partial charge in [0.25, 0.3) is 0 Å². The van der Waals surface area contributed by atoms with Gasteiger partial charge in [0.2, 0.25) is 5.91 Å². The lowest BCUT2D eigenvalue weighted by Gasteiger charge is -2.42. The van der Waals surface area contributed by atoms with Crippen molar-refractivity contribution < 1.29 is 191 Å². The Balaban J connectivity index is 1.06. The highest BCUT2D eigenvalue weighted by Crippen LogP contribution is 2.52. The number of aryl methyl sites for hydroxylation is 1. The number of aliphatic hydroxyl groups is 9. The number of aliphatic hydroxyl groups excluding tert-OH is 9. The molecule has 0 bridgehead atoms. The molecule has 0 aliphatic carbocycles. The molecule has 0 radical (unpaired) electrons. The number of ether oxygens (including phenoxy) is 10. The summed E-state index contributed by atoms with van der Waals surface area (Å²) >= 11 is 0. The Labute approximate surface area is 685 Å². The van der Waals surface area contributed by atoms with Crippen LogP contribution < -0.4 is 5.32 Å². The number of hydrogen-bond donors (Lipinski definition) is 15. The molecule has 4 fully saturated rings. The molecule has 13 unspecified atom stereocenters. The van der Waals surface area contributed by atoms with Crippen LogP contribution in [0.3, 0.4) is 0 Å². The molecule has 24 atom stereocenters. The molecule has 2 aromatic heterocycles. The number of aromatic nitrogens is 4. The summed E-state index contributed by atoms with van der Waals surface area (Å²) in [6.07, 6.45) is -9.84. The molecule has 118 heavy (non-hydrogen) atoms. The molecule has 688 valence electrons. The number of imidazole rings is 1. The number of phosphoric ester groups is 5. The molecule has 0 aromatic carbocycles. The number of amides is 1. The fourth-order valence-electron chi connectivity index (χ4n) is 12.7. The second kappa shape index (κ2) is 52.8. The van der Waals surface area contributed by atoms with E-state index in [1.807, 2.05) is 0 Å². The van der Waals surface area contributed by atoms with E-state index >= 15 is 0 Å². The molecule has 2 aromatic rings. The van der Waals surface area contributed by atoms with Gasteiger partial charge in [-0.2, -0.15) is 0 Å². The molecule has 45 nitrogen and oxygen atoms in total. The number of fused-ring (bicyclic) bond motifs is 1. The third-order valence-electron chi connectivity index (χ3n) is 19.2. The number of carbonyl (C=O) groups excluding carboxylic acids is 1. The zero-order chi connectivity index (χ0) is 86.7. The van der Waals surface area contributed by atoms with Crippen LogP contribution in [-0.2, 0) is 120 Å². The fraction of sp³-hybridized carbons (Fsp3) is 0.912. The van der Waals surface area contributed by atoms with E-state index in [1.54, 1.807) is 20.8 Å². The molecule has 4 saturated heterocycles. The van der Waals surface area contributed by atoms with Crippen LogP contribution in [0.25, 0.3) is 11.2 Å². The predicted molar refractivity (Wildman–Crippen MR) is 408 cm³/mol. The lowest BCUT2D eigenvalue weighted by atomic mass is 9.92. The van der Waals surface area contributed by atoms with E-state index < -0.39 is 220 Å². The molecule has 4 aliphatic heterocycles. The van der Waals surface area contributed by atoms with Gasteiger partial charge in [-0.25, -0.2) is 37.8 Å². The van der Waals surface area contributed by atoms with Gasteiger partial charge in [-0.3, -0.25) is 54.6 Å². The average Bonchev–Trinajstić information content (AvgIpc) is 1.63. The van der Waals surface area contributed by atoms with Crippen LogP contribution in [0.15, 0.2) is 12.7 Å². The van der Waals surface area contributed by atoms with Crippen LogP contribution in [0.5, 0.6) is 0 Å². The highest BCUT2D eigenvalue weighted by atomic mass is 31.2. The number of unbranched alkanes of at least 4 members (excludes halogenated alkanes) is 10. The van der Waals surface area contributed by atoms with Gasteiger partial charge in [0, 0.05) is 64.8 Å². The maximum absolute atomic E-state index is 14.2. The average molecular weight is 1810 g/mol. The summed E-state index contributed by atoms with van der Waals surface area (Å²) in [6, 6.07) is -1.12. The molecule has 50 heteroatoms. The summed E-state index contributed by atoms with van der Waals surface area (Å²) in [4.78, 5) is 78.5. The summed E-state index contributed by atoms with van der Waals surface area (Å²) in [7, 11) is -23.9. The van der Waals surface area contributed by atoms with Gasteiger partial charge < -0.3 is 123 Å². The first kappa shape index (κ1) is 105. The largest absolute Gasteiger partial charge is 0.472 e. The van der Waals surface area contributed by atoms with Crippen LogP contribution in [0.1, 0.15) is 156 Å². The summed E-state index contributed by atoms with van der Waals surface area (Å²) in [5, 5.41) is 92.8. The van der Waals surface area contributed by atoms with E-state index in [0.29, 0.717) is 93.9 Å². The summed E-state index contributed by atoms with van der Waals surface area (Å²) in [5.74, 6) is -1.64. The minimum absolute atomic E-state index is 0.0553. The first-order valence-electron chi connectivity index (χ1n) is 39.7. The second-order valence-corrected chi connectivity index (χ2v) is 36.5. The number of rotatable bonds is 63. The van der Waals surface area contributed by atoms with Crippen molar-refractivity contribution in [2.24, 2.45) is 11.8 Å². The Morgan fingerprint density at radius 1 is 0.492 bits per heavy atom. The van der Waals surface area contributed by atoms with Crippen LogP contribution >= 0.6 is 39.1 Å². The van der Waals surface area contributed by atoms with Crippen molar-refractivity contribution in [2.45, 2.75) is 261 Å². The molecule has 0 spiro atoms. The Bertz CT molecular complexity index is 3340. The Kier molecular flexibility index (Phi) is 46.8. The topological polar surface area (TPSA) is 626 Å². The van der Waals surface area contributed by atoms with Gasteiger partial charge in [0.05, 0.1) is 116 Å². The van der Waals surface area contributed by atoms with Gasteiger partial charge in [-0.15, -0.1) is 0 Å². The van der Waals surface area contributed by atoms with Gasteiger partial charge >= 0.3 is 39.1 Å². The number of nitrogens with one attached hydrogen (secondary N) is 1. The Hall–Kier alpha value is -2.19. The van der Waals surface area contributed by atoms with Crippen LogP contribution in [-0.4, -0.2) is 325 Å². The summed E-state index contributed by atoms with van der Waals surface area (Å²) < 4.78 is 180. The molecule has 6 heterocycles. The molecule has 15 N–H and O–H groups in total. The third-order valence-corrected chi connectivity index (χ3v) is 24.4.